The van der Waals surface area contributed by atoms with Crippen molar-refractivity contribution in [3.8, 4) is 0 Å². The van der Waals surface area contributed by atoms with E-state index in [0.717, 1.165) is 6.42 Å². The first-order chi connectivity index (χ1) is 6.87. The van der Waals surface area contributed by atoms with Gasteiger partial charge in [0, 0.05) is 6.61 Å². The normalized spacial score (nSPS) is 13.2. The third-order valence-corrected chi connectivity index (χ3v) is 7.95. The van der Waals surface area contributed by atoms with Crippen molar-refractivity contribution in [3.05, 3.63) is 0 Å². The second-order valence-electron chi connectivity index (χ2n) is 3.46. The van der Waals surface area contributed by atoms with E-state index in [1.807, 2.05) is 6.92 Å². The smallest absolute Gasteiger partial charge is 0.202 e. The highest BCUT2D eigenvalue weighted by molar-refractivity contribution is 9.30. The molecule has 0 saturated heterocycles. The van der Waals surface area contributed by atoms with Gasteiger partial charge in [-0.25, -0.2) is 0 Å². The minimum absolute atomic E-state index is 0.267. The molecule has 0 aromatic heterocycles. The van der Waals surface area contributed by atoms with Crippen molar-refractivity contribution in [1.29, 1.82) is 0 Å². The summed E-state index contributed by atoms with van der Waals surface area (Å²) in [6, 6.07) is 0. The van der Waals surface area contributed by atoms with Crippen molar-refractivity contribution in [2.24, 2.45) is 0 Å². The standard InChI is InChI=1S/C10H18Br4O/c1-3-5-6-7-8-9(11,12)10(13,14)15-4-2/h3-8H2,1-2H3. The Bertz CT molecular complexity index is 171. The molecular weight excluding hydrogens is 456 g/mol. The Labute approximate surface area is 127 Å². The maximum atomic E-state index is 5.59. The summed E-state index contributed by atoms with van der Waals surface area (Å²) in [4.78, 5) is 0. The van der Waals surface area contributed by atoms with Crippen LogP contribution in [0.5, 0.6) is 0 Å². The Balaban J connectivity index is 4.03. The van der Waals surface area contributed by atoms with Gasteiger partial charge in [0.2, 0.25) is 3.42 Å². The first kappa shape index (κ1) is 16.9. The molecule has 0 rings (SSSR count). The maximum absolute atomic E-state index is 5.59. The Morgan fingerprint density at radius 3 is 2.00 bits per heavy atom. The molecule has 1 nitrogen and oxygen atoms in total. The molecule has 5 heteroatoms. The quantitative estimate of drug-likeness (QED) is 0.314. The highest BCUT2D eigenvalue weighted by Gasteiger charge is 2.45. The average Bonchev–Trinajstić information content (AvgIpc) is 2.12. The minimum atomic E-state index is -0.548. The summed E-state index contributed by atoms with van der Waals surface area (Å²) >= 11 is 14.4. The van der Waals surface area contributed by atoms with Crippen LogP contribution in [0.2, 0.25) is 0 Å². The predicted octanol–water partition coefficient (Wildman–Crippen LogP) is 5.92. The summed E-state index contributed by atoms with van der Waals surface area (Å²) < 4.78 is 4.78. The van der Waals surface area contributed by atoms with Crippen molar-refractivity contribution in [2.75, 3.05) is 6.61 Å². The predicted molar refractivity (Wildman–Crippen MR) is 81.6 cm³/mol. The van der Waals surface area contributed by atoms with Gasteiger partial charge in [0.25, 0.3) is 0 Å². The molecule has 0 aliphatic carbocycles. The fourth-order valence-corrected chi connectivity index (χ4v) is 2.85. The summed E-state index contributed by atoms with van der Waals surface area (Å²) in [5.74, 6) is 0. The topological polar surface area (TPSA) is 9.23 Å². The molecule has 0 atom stereocenters. The fraction of sp³-hybridized carbons (Fsp3) is 1.00. The van der Waals surface area contributed by atoms with Crippen molar-refractivity contribution >= 4 is 63.7 Å². The van der Waals surface area contributed by atoms with Gasteiger partial charge >= 0.3 is 0 Å². The molecular formula is C10H18Br4O. The Morgan fingerprint density at radius 1 is 0.933 bits per heavy atom. The van der Waals surface area contributed by atoms with E-state index >= 15 is 0 Å². The second kappa shape index (κ2) is 8.06. The van der Waals surface area contributed by atoms with Crippen molar-refractivity contribution in [1.82, 2.24) is 0 Å². The minimum Gasteiger partial charge on any atom is -0.352 e. The van der Waals surface area contributed by atoms with Gasteiger partial charge in [-0.1, -0.05) is 64.5 Å². The SMILES string of the molecule is CCCCCCC(Br)(Br)C(Br)(Br)OCC. The van der Waals surface area contributed by atoms with Crippen LogP contribution < -0.4 is 0 Å². The second-order valence-corrected chi connectivity index (χ2v) is 10.5. The summed E-state index contributed by atoms with van der Waals surface area (Å²) in [6.45, 7) is 4.85. The van der Waals surface area contributed by atoms with E-state index < -0.39 is 3.42 Å². The molecule has 0 N–H and O–H groups in total. The molecule has 0 unspecified atom stereocenters. The lowest BCUT2D eigenvalue weighted by atomic mass is 10.1. The van der Waals surface area contributed by atoms with Crippen LogP contribution >= 0.6 is 63.7 Å². The Kier molecular flexibility index (Phi) is 9.08. The average molecular weight is 474 g/mol. The van der Waals surface area contributed by atoms with E-state index in [9.17, 15) is 0 Å². The molecule has 0 aromatic rings. The molecule has 0 bridgehead atoms. The van der Waals surface area contributed by atoms with E-state index in [1.165, 1.54) is 25.7 Å². The lowest BCUT2D eigenvalue weighted by Gasteiger charge is -2.34. The maximum Gasteiger partial charge on any atom is 0.202 e. The van der Waals surface area contributed by atoms with Crippen molar-refractivity contribution in [2.45, 2.75) is 52.6 Å². The van der Waals surface area contributed by atoms with Gasteiger partial charge in [0.15, 0.2) is 0 Å². The van der Waals surface area contributed by atoms with E-state index in [4.69, 9.17) is 4.74 Å². The first-order valence-corrected chi connectivity index (χ1v) is 8.44. The van der Waals surface area contributed by atoms with Crippen LogP contribution in [0.25, 0.3) is 0 Å². The highest BCUT2D eigenvalue weighted by Crippen LogP contribution is 2.51. The molecule has 0 aliphatic heterocycles. The molecule has 0 spiro atoms. The summed E-state index contributed by atoms with van der Waals surface area (Å²) in [7, 11) is 0. The summed E-state index contributed by atoms with van der Waals surface area (Å²) in [6.07, 6.45) is 6.00. The number of halogens is 4. The zero-order valence-electron chi connectivity index (χ0n) is 9.16. The van der Waals surface area contributed by atoms with Gasteiger partial charge in [-0.15, -0.1) is 0 Å². The largest absolute Gasteiger partial charge is 0.352 e. The lowest BCUT2D eigenvalue weighted by Crippen LogP contribution is -2.36. The molecule has 0 heterocycles. The van der Waals surface area contributed by atoms with Crippen molar-refractivity contribution < 1.29 is 4.74 Å². The Morgan fingerprint density at radius 2 is 1.53 bits per heavy atom. The van der Waals surface area contributed by atoms with Gasteiger partial charge in [-0.05, 0) is 45.2 Å². The molecule has 92 valence electrons. The van der Waals surface area contributed by atoms with Gasteiger partial charge < -0.3 is 4.74 Å². The third-order valence-electron chi connectivity index (χ3n) is 2.10. The molecule has 15 heavy (non-hydrogen) atoms. The molecule has 0 amide bonds. The molecule has 0 aromatic carbocycles. The van der Waals surface area contributed by atoms with E-state index in [2.05, 4.69) is 70.6 Å². The van der Waals surface area contributed by atoms with Gasteiger partial charge in [-0.2, -0.15) is 0 Å². The van der Waals surface area contributed by atoms with Crippen LogP contribution in [-0.2, 0) is 4.74 Å². The first-order valence-electron chi connectivity index (χ1n) is 5.27. The van der Waals surface area contributed by atoms with Gasteiger partial charge in [0.1, 0.15) is 3.23 Å². The fourth-order valence-electron chi connectivity index (χ4n) is 1.21. The van der Waals surface area contributed by atoms with Crippen LogP contribution in [0.1, 0.15) is 46.0 Å². The molecule has 0 fully saturated rings. The lowest BCUT2D eigenvalue weighted by molar-refractivity contribution is 0.103. The Hall–Kier alpha value is 1.88. The van der Waals surface area contributed by atoms with Gasteiger partial charge in [0.05, 0.1) is 0 Å². The van der Waals surface area contributed by atoms with E-state index in [0.29, 0.717) is 6.61 Å². The third kappa shape index (κ3) is 6.39. The highest BCUT2D eigenvalue weighted by atomic mass is 79.9. The van der Waals surface area contributed by atoms with Crippen LogP contribution in [-0.4, -0.2) is 13.3 Å². The number of hydrogen-bond acceptors (Lipinski definition) is 1. The number of ether oxygens (including phenoxy) is 1. The zero-order valence-corrected chi connectivity index (χ0v) is 15.5. The molecule has 0 aliphatic rings. The number of alkyl halides is 4. The van der Waals surface area contributed by atoms with E-state index in [-0.39, 0.29) is 3.23 Å². The number of unbranched alkanes of at least 4 members (excludes halogenated alkanes) is 3. The van der Waals surface area contributed by atoms with Crippen molar-refractivity contribution in [3.63, 3.8) is 0 Å². The van der Waals surface area contributed by atoms with Crippen LogP contribution in [0.3, 0.4) is 0 Å². The molecule has 0 radical (unpaired) electrons. The zero-order chi connectivity index (χ0) is 11.9. The van der Waals surface area contributed by atoms with E-state index in [1.54, 1.807) is 0 Å². The monoisotopic (exact) mass is 470 g/mol. The number of rotatable bonds is 8. The van der Waals surface area contributed by atoms with Crippen LogP contribution in [0, 0.1) is 0 Å². The van der Waals surface area contributed by atoms with Gasteiger partial charge in [-0.3, -0.25) is 0 Å². The van der Waals surface area contributed by atoms with Crippen LogP contribution in [0.15, 0.2) is 0 Å². The summed E-state index contributed by atoms with van der Waals surface area (Å²) in [5.41, 5.74) is 0. The summed E-state index contributed by atoms with van der Waals surface area (Å²) in [5, 5.41) is 0. The number of hydrogen-bond donors (Lipinski definition) is 0. The van der Waals surface area contributed by atoms with Crippen LogP contribution in [0.4, 0.5) is 0 Å². The molecule has 0 saturated carbocycles.